The Bertz CT molecular complexity index is 358. The monoisotopic (exact) mass is 314 g/mol. The average molecular weight is 314 g/mol. The van der Waals surface area contributed by atoms with Crippen LogP contribution >= 0.6 is 0 Å². The van der Waals surface area contributed by atoms with Gasteiger partial charge in [0.2, 0.25) is 0 Å². The molecule has 0 aromatic carbocycles. The Balaban J connectivity index is 2.36. The van der Waals surface area contributed by atoms with Crippen molar-refractivity contribution in [3.05, 3.63) is 0 Å². The Hall–Kier alpha value is -0.810. The molecule has 1 rings (SSSR count). The van der Waals surface area contributed by atoms with Gasteiger partial charge in [-0.2, -0.15) is 0 Å². The Kier molecular flexibility index (Phi) is 6.68. The van der Waals surface area contributed by atoms with Crippen LogP contribution in [0.5, 0.6) is 0 Å². The van der Waals surface area contributed by atoms with E-state index in [1.54, 1.807) is 4.90 Å². The standard InChI is InChI=1S/C17H34N2O3/c1-16(2,3)14(20)11-18-10-13-8-7-9-19(12-13)15(21)22-17(4,5)6/h13-14,18,20H,7-12H2,1-6H3. The Morgan fingerprint density at radius 2 is 1.95 bits per heavy atom. The second kappa shape index (κ2) is 7.64. The third kappa shape index (κ3) is 6.97. The fourth-order valence-corrected chi connectivity index (χ4v) is 2.45. The summed E-state index contributed by atoms with van der Waals surface area (Å²) in [4.78, 5) is 13.9. The van der Waals surface area contributed by atoms with E-state index in [-0.39, 0.29) is 17.6 Å². The van der Waals surface area contributed by atoms with E-state index < -0.39 is 5.60 Å². The SMILES string of the molecule is CC(C)(C)OC(=O)N1CCCC(CNCC(O)C(C)(C)C)C1. The molecule has 0 spiro atoms. The number of nitrogens with zero attached hydrogens (tertiary/aromatic N) is 1. The molecule has 130 valence electrons. The first-order valence-corrected chi connectivity index (χ1v) is 8.36. The smallest absolute Gasteiger partial charge is 0.410 e. The molecule has 2 N–H and O–H groups in total. The van der Waals surface area contributed by atoms with E-state index >= 15 is 0 Å². The Morgan fingerprint density at radius 1 is 1.32 bits per heavy atom. The van der Waals surface area contributed by atoms with E-state index in [0.29, 0.717) is 12.5 Å². The molecule has 5 heteroatoms. The maximum atomic E-state index is 12.1. The highest BCUT2D eigenvalue weighted by atomic mass is 16.6. The van der Waals surface area contributed by atoms with Crippen LogP contribution in [0.3, 0.4) is 0 Å². The lowest BCUT2D eigenvalue weighted by molar-refractivity contribution is 0.0160. The number of likely N-dealkylation sites (tertiary alicyclic amines) is 1. The topological polar surface area (TPSA) is 61.8 Å². The average Bonchev–Trinajstić information content (AvgIpc) is 2.36. The molecule has 1 heterocycles. The number of aliphatic hydroxyl groups is 1. The zero-order valence-electron chi connectivity index (χ0n) is 15.1. The second-order valence-corrected chi connectivity index (χ2v) is 8.47. The van der Waals surface area contributed by atoms with Crippen LogP contribution < -0.4 is 5.32 Å². The van der Waals surface area contributed by atoms with Gasteiger partial charge in [0.1, 0.15) is 5.60 Å². The van der Waals surface area contributed by atoms with Gasteiger partial charge in [-0.3, -0.25) is 0 Å². The molecule has 0 radical (unpaired) electrons. The molecule has 2 unspecified atom stereocenters. The molecule has 5 nitrogen and oxygen atoms in total. The van der Waals surface area contributed by atoms with Crippen molar-refractivity contribution in [2.45, 2.75) is 66.1 Å². The minimum atomic E-state index is -0.445. The molecule has 0 bridgehead atoms. The number of amides is 1. The predicted octanol–water partition coefficient (Wildman–Crippen LogP) is 2.63. The van der Waals surface area contributed by atoms with Gasteiger partial charge < -0.3 is 20.1 Å². The zero-order valence-corrected chi connectivity index (χ0v) is 15.1. The molecule has 1 fully saturated rings. The molecular weight excluding hydrogens is 280 g/mol. The number of piperidine rings is 1. The zero-order chi connectivity index (χ0) is 17.0. The summed E-state index contributed by atoms with van der Waals surface area (Å²) in [6, 6.07) is 0. The molecule has 0 saturated carbocycles. The maximum absolute atomic E-state index is 12.1. The molecular formula is C17H34N2O3. The van der Waals surface area contributed by atoms with E-state index in [9.17, 15) is 9.90 Å². The number of carbonyl (C=O) groups is 1. The Morgan fingerprint density at radius 3 is 2.50 bits per heavy atom. The van der Waals surface area contributed by atoms with Crippen LogP contribution in [0, 0.1) is 11.3 Å². The van der Waals surface area contributed by atoms with Crippen LogP contribution in [0.1, 0.15) is 54.4 Å². The molecule has 1 aliphatic rings. The maximum Gasteiger partial charge on any atom is 0.410 e. The van der Waals surface area contributed by atoms with E-state index in [4.69, 9.17) is 4.74 Å². The van der Waals surface area contributed by atoms with Gasteiger partial charge in [0.25, 0.3) is 0 Å². The Labute approximate surface area is 135 Å². The lowest BCUT2D eigenvalue weighted by Crippen LogP contribution is -2.46. The molecule has 1 amide bonds. The fraction of sp³-hybridized carbons (Fsp3) is 0.941. The van der Waals surface area contributed by atoms with E-state index in [0.717, 1.165) is 32.5 Å². The van der Waals surface area contributed by atoms with Gasteiger partial charge in [-0.05, 0) is 51.5 Å². The molecule has 2 atom stereocenters. The second-order valence-electron chi connectivity index (χ2n) is 8.47. The third-order valence-electron chi connectivity index (χ3n) is 3.94. The van der Waals surface area contributed by atoms with Crippen LogP contribution in [0.2, 0.25) is 0 Å². The predicted molar refractivity (Wildman–Crippen MR) is 88.9 cm³/mol. The van der Waals surface area contributed by atoms with Crippen molar-refractivity contribution >= 4 is 6.09 Å². The highest BCUT2D eigenvalue weighted by molar-refractivity contribution is 5.68. The van der Waals surface area contributed by atoms with Crippen molar-refractivity contribution < 1.29 is 14.6 Å². The summed E-state index contributed by atoms with van der Waals surface area (Å²) in [5.74, 6) is 0.424. The molecule has 1 saturated heterocycles. The van der Waals surface area contributed by atoms with Gasteiger partial charge in [0.15, 0.2) is 0 Å². The molecule has 0 aromatic heterocycles. The van der Waals surface area contributed by atoms with Crippen molar-refractivity contribution in [3.8, 4) is 0 Å². The minimum Gasteiger partial charge on any atom is -0.444 e. The first kappa shape index (κ1) is 19.2. The summed E-state index contributed by atoms with van der Waals surface area (Å²) in [6.45, 7) is 14.7. The van der Waals surface area contributed by atoms with Crippen LogP contribution in [0.25, 0.3) is 0 Å². The number of rotatable bonds is 4. The van der Waals surface area contributed by atoms with Crippen molar-refractivity contribution in [2.75, 3.05) is 26.2 Å². The number of nitrogens with one attached hydrogen (secondary N) is 1. The van der Waals surface area contributed by atoms with Crippen molar-refractivity contribution in [3.63, 3.8) is 0 Å². The van der Waals surface area contributed by atoms with Crippen LogP contribution in [-0.2, 0) is 4.74 Å². The lowest BCUT2D eigenvalue weighted by atomic mass is 9.89. The van der Waals surface area contributed by atoms with Crippen molar-refractivity contribution in [1.29, 1.82) is 0 Å². The first-order chi connectivity index (χ1) is 9.99. The summed E-state index contributed by atoms with van der Waals surface area (Å²) in [5.41, 5.74) is -0.554. The van der Waals surface area contributed by atoms with E-state index in [2.05, 4.69) is 5.32 Å². The number of carbonyl (C=O) groups excluding carboxylic acids is 1. The number of hydrogen-bond acceptors (Lipinski definition) is 4. The van der Waals surface area contributed by atoms with Crippen molar-refractivity contribution in [2.24, 2.45) is 11.3 Å². The van der Waals surface area contributed by atoms with Crippen LogP contribution in [-0.4, -0.2) is 54.0 Å². The summed E-state index contributed by atoms with van der Waals surface area (Å²) >= 11 is 0. The third-order valence-corrected chi connectivity index (χ3v) is 3.94. The summed E-state index contributed by atoms with van der Waals surface area (Å²) in [6.07, 6.45) is 1.54. The van der Waals surface area contributed by atoms with Gasteiger partial charge in [0, 0.05) is 19.6 Å². The van der Waals surface area contributed by atoms with E-state index in [1.165, 1.54) is 0 Å². The van der Waals surface area contributed by atoms with Gasteiger partial charge in [-0.15, -0.1) is 0 Å². The molecule has 1 aliphatic heterocycles. The van der Waals surface area contributed by atoms with Crippen LogP contribution in [0.4, 0.5) is 4.79 Å². The van der Waals surface area contributed by atoms with E-state index in [1.807, 2.05) is 41.5 Å². The summed E-state index contributed by atoms with van der Waals surface area (Å²) < 4.78 is 5.44. The lowest BCUT2D eigenvalue weighted by Gasteiger charge is -2.34. The normalized spacial score (nSPS) is 21.6. The molecule has 22 heavy (non-hydrogen) atoms. The van der Waals surface area contributed by atoms with Crippen LogP contribution in [0.15, 0.2) is 0 Å². The summed E-state index contributed by atoms with van der Waals surface area (Å²) in [5, 5.41) is 13.4. The molecule has 0 aliphatic carbocycles. The number of aliphatic hydroxyl groups excluding tert-OH is 1. The molecule has 0 aromatic rings. The van der Waals surface area contributed by atoms with Gasteiger partial charge in [-0.25, -0.2) is 4.79 Å². The van der Waals surface area contributed by atoms with Gasteiger partial charge >= 0.3 is 6.09 Å². The van der Waals surface area contributed by atoms with Crippen molar-refractivity contribution in [1.82, 2.24) is 10.2 Å². The van der Waals surface area contributed by atoms with Gasteiger partial charge in [-0.1, -0.05) is 20.8 Å². The summed E-state index contributed by atoms with van der Waals surface area (Å²) in [7, 11) is 0. The fourth-order valence-electron chi connectivity index (χ4n) is 2.45. The number of hydrogen-bond donors (Lipinski definition) is 2. The highest BCUT2D eigenvalue weighted by Gasteiger charge is 2.28. The minimum absolute atomic E-state index is 0.109. The first-order valence-electron chi connectivity index (χ1n) is 8.36. The highest BCUT2D eigenvalue weighted by Crippen LogP contribution is 2.20. The number of ether oxygens (including phenoxy) is 1. The largest absolute Gasteiger partial charge is 0.444 e. The van der Waals surface area contributed by atoms with Gasteiger partial charge in [0.05, 0.1) is 6.10 Å². The quantitative estimate of drug-likeness (QED) is 0.837.